The van der Waals surface area contributed by atoms with E-state index < -0.39 is 5.41 Å². The van der Waals surface area contributed by atoms with Crippen LogP contribution in [0.1, 0.15) is 38.3 Å². The van der Waals surface area contributed by atoms with E-state index in [1.54, 1.807) is 0 Å². The number of hydrogen-bond donors (Lipinski definition) is 2. The summed E-state index contributed by atoms with van der Waals surface area (Å²) in [7, 11) is 0. The minimum absolute atomic E-state index is 0.0735. The van der Waals surface area contributed by atoms with Gasteiger partial charge in [-0.3, -0.25) is 4.79 Å². The third kappa shape index (κ3) is 2.81. The van der Waals surface area contributed by atoms with E-state index in [-0.39, 0.29) is 11.9 Å². The highest BCUT2D eigenvalue weighted by atomic mass is 35.5. The Bertz CT molecular complexity index is 540. The second-order valence-electron chi connectivity index (χ2n) is 5.71. The van der Waals surface area contributed by atoms with E-state index in [1.165, 1.54) is 0 Å². The van der Waals surface area contributed by atoms with Crippen LogP contribution >= 0.6 is 23.8 Å². The molecule has 0 radical (unpaired) electrons. The Kier molecular flexibility index (Phi) is 4.35. The molecule has 1 aromatic carbocycles. The van der Waals surface area contributed by atoms with Gasteiger partial charge in [0.25, 0.3) is 0 Å². The van der Waals surface area contributed by atoms with Crippen LogP contribution < -0.4 is 11.1 Å². The molecule has 1 aromatic rings. The smallest absolute Gasteiger partial charge is 0.233 e. The van der Waals surface area contributed by atoms with Gasteiger partial charge in [-0.2, -0.15) is 0 Å². The van der Waals surface area contributed by atoms with Crippen molar-refractivity contribution in [2.24, 2.45) is 17.1 Å². The summed E-state index contributed by atoms with van der Waals surface area (Å²) in [5.74, 6) is 0.416. The predicted octanol–water partition coefficient (Wildman–Crippen LogP) is 3.22. The number of carbonyl (C=O) groups is 1. The summed E-state index contributed by atoms with van der Waals surface area (Å²) in [5, 5.41) is 3.66. The minimum Gasteiger partial charge on any atom is -0.392 e. The van der Waals surface area contributed by atoms with Crippen LogP contribution in [-0.2, 0) is 4.79 Å². The monoisotopic (exact) mass is 310 g/mol. The van der Waals surface area contributed by atoms with Crippen molar-refractivity contribution in [1.29, 1.82) is 0 Å². The van der Waals surface area contributed by atoms with Gasteiger partial charge in [-0.05, 0) is 43.4 Å². The zero-order chi connectivity index (χ0) is 14.9. The minimum atomic E-state index is -0.665. The maximum atomic E-state index is 12.5. The van der Waals surface area contributed by atoms with Crippen LogP contribution in [0.4, 0.5) is 0 Å². The van der Waals surface area contributed by atoms with Gasteiger partial charge in [-0.15, -0.1) is 0 Å². The van der Waals surface area contributed by atoms with E-state index in [4.69, 9.17) is 29.6 Å². The molecule has 5 heteroatoms. The highest BCUT2D eigenvalue weighted by Crippen LogP contribution is 2.46. The van der Waals surface area contributed by atoms with Gasteiger partial charge in [0.15, 0.2) is 0 Å². The zero-order valence-corrected chi connectivity index (χ0v) is 13.2. The molecule has 0 aromatic heterocycles. The first kappa shape index (κ1) is 15.3. The molecule has 0 bridgehead atoms. The molecule has 1 aliphatic rings. The zero-order valence-electron chi connectivity index (χ0n) is 11.7. The SMILES string of the molecule is CC1CC(C(=O)NC(C)c2cccc(Cl)c2)(C(N)=S)C1. The van der Waals surface area contributed by atoms with Crippen molar-refractivity contribution in [2.45, 2.75) is 32.7 Å². The van der Waals surface area contributed by atoms with Crippen molar-refractivity contribution in [1.82, 2.24) is 5.32 Å². The molecule has 3 nitrogen and oxygen atoms in total. The van der Waals surface area contributed by atoms with Gasteiger partial charge in [0.05, 0.1) is 16.4 Å². The normalized spacial score (nSPS) is 26.4. The van der Waals surface area contributed by atoms with Gasteiger partial charge < -0.3 is 11.1 Å². The summed E-state index contributed by atoms with van der Waals surface area (Å²) in [6.07, 6.45) is 1.47. The van der Waals surface area contributed by atoms with Gasteiger partial charge in [0.2, 0.25) is 5.91 Å². The van der Waals surface area contributed by atoms with Crippen LogP contribution in [0.15, 0.2) is 24.3 Å². The fourth-order valence-electron chi connectivity index (χ4n) is 2.82. The summed E-state index contributed by atoms with van der Waals surface area (Å²) >= 11 is 11.1. The number of carbonyl (C=O) groups excluding carboxylic acids is 1. The summed E-state index contributed by atoms with van der Waals surface area (Å²) in [5.41, 5.74) is 6.09. The van der Waals surface area contributed by atoms with E-state index in [2.05, 4.69) is 12.2 Å². The Labute approximate surface area is 129 Å². The molecule has 1 saturated carbocycles. The van der Waals surface area contributed by atoms with Gasteiger partial charge in [-0.25, -0.2) is 0 Å². The maximum Gasteiger partial charge on any atom is 0.233 e. The molecule has 0 saturated heterocycles. The first-order valence-corrected chi connectivity index (χ1v) is 7.50. The number of nitrogens with one attached hydrogen (secondary N) is 1. The lowest BCUT2D eigenvalue weighted by atomic mass is 9.62. The average molecular weight is 311 g/mol. The van der Waals surface area contributed by atoms with E-state index in [9.17, 15) is 4.79 Å². The van der Waals surface area contributed by atoms with Gasteiger partial charge in [0, 0.05) is 5.02 Å². The number of thiocarbonyl (C=S) groups is 1. The maximum absolute atomic E-state index is 12.5. The molecule has 0 spiro atoms. The molecule has 1 fully saturated rings. The van der Waals surface area contributed by atoms with E-state index >= 15 is 0 Å². The number of rotatable bonds is 4. The Balaban J connectivity index is 2.09. The Morgan fingerprint density at radius 3 is 2.70 bits per heavy atom. The number of hydrogen-bond acceptors (Lipinski definition) is 2. The van der Waals surface area contributed by atoms with Crippen LogP contribution in [0.25, 0.3) is 0 Å². The molecule has 2 rings (SSSR count). The van der Waals surface area contributed by atoms with E-state index in [0.717, 1.165) is 18.4 Å². The van der Waals surface area contributed by atoms with Crippen LogP contribution in [0.3, 0.4) is 0 Å². The van der Waals surface area contributed by atoms with Gasteiger partial charge in [0.1, 0.15) is 0 Å². The second-order valence-corrected chi connectivity index (χ2v) is 6.59. The summed E-state index contributed by atoms with van der Waals surface area (Å²) in [4.78, 5) is 12.8. The Morgan fingerprint density at radius 2 is 2.20 bits per heavy atom. The molecule has 108 valence electrons. The first-order chi connectivity index (χ1) is 9.35. The summed E-state index contributed by atoms with van der Waals surface area (Å²) < 4.78 is 0. The van der Waals surface area contributed by atoms with Crippen molar-refractivity contribution < 1.29 is 4.79 Å². The average Bonchev–Trinajstić information content (AvgIpc) is 2.34. The largest absolute Gasteiger partial charge is 0.392 e. The highest BCUT2D eigenvalue weighted by molar-refractivity contribution is 7.80. The van der Waals surface area contributed by atoms with Crippen LogP contribution in [0.5, 0.6) is 0 Å². The lowest BCUT2D eigenvalue weighted by Crippen LogP contribution is -2.56. The summed E-state index contributed by atoms with van der Waals surface area (Å²) in [6, 6.07) is 7.35. The lowest BCUT2D eigenvalue weighted by molar-refractivity contribution is -0.133. The molecule has 0 heterocycles. The topological polar surface area (TPSA) is 55.1 Å². The molecular formula is C15H19ClN2OS. The first-order valence-electron chi connectivity index (χ1n) is 6.71. The third-order valence-electron chi connectivity index (χ3n) is 4.00. The standard InChI is InChI=1S/C15H19ClN2OS/c1-9-7-15(8-9,13(17)20)14(19)18-10(2)11-4-3-5-12(16)6-11/h3-6,9-10H,7-8H2,1-2H3,(H2,17,20)(H,18,19). The summed E-state index contributed by atoms with van der Waals surface area (Å²) in [6.45, 7) is 4.03. The fraction of sp³-hybridized carbons (Fsp3) is 0.467. The van der Waals surface area contributed by atoms with Gasteiger partial charge >= 0.3 is 0 Å². The molecule has 1 amide bonds. The van der Waals surface area contributed by atoms with Crippen molar-refractivity contribution in [3.8, 4) is 0 Å². The number of halogens is 1. The van der Waals surface area contributed by atoms with Crippen molar-refractivity contribution >= 4 is 34.7 Å². The second kappa shape index (κ2) is 5.70. The molecular weight excluding hydrogens is 292 g/mol. The quantitative estimate of drug-likeness (QED) is 0.840. The Morgan fingerprint density at radius 1 is 1.55 bits per heavy atom. The third-order valence-corrected chi connectivity index (χ3v) is 4.62. The predicted molar refractivity (Wildman–Crippen MR) is 85.6 cm³/mol. The Hall–Kier alpha value is -1.13. The van der Waals surface area contributed by atoms with Crippen molar-refractivity contribution in [3.63, 3.8) is 0 Å². The van der Waals surface area contributed by atoms with E-state index in [1.807, 2.05) is 31.2 Å². The molecule has 20 heavy (non-hydrogen) atoms. The number of amides is 1. The highest BCUT2D eigenvalue weighted by Gasteiger charge is 2.51. The lowest BCUT2D eigenvalue weighted by Gasteiger charge is -2.44. The van der Waals surface area contributed by atoms with Crippen LogP contribution in [0.2, 0.25) is 5.02 Å². The fourth-order valence-corrected chi connectivity index (χ4v) is 3.28. The number of benzene rings is 1. The molecule has 1 unspecified atom stereocenters. The number of nitrogens with two attached hydrogens (primary N) is 1. The molecule has 3 N–H and O–H groups in total. The molecule has 0 aliphatic heterocycles. The molecule has 1 atom stereocenters. The van der Waals surface area contributed by atoms with Gasteiger partial charge in [-0.1, -0.05) is 42.9 Å². The molecule has 1 aliphatic carbocycles. The van der Waals surface area contributed by atoms with Crippen molar-refractivity contribution in [2.75, 3.05) is 0 Å². The van der Waals surface area contributed by atoms with Crippen LogP contribution in [-0.4, -0.2) is 10.9 Å². The van der Waals surface area contributed by atoms with E-state index in [0.29, 0.717) is 15.9 Å². The van der Waals surface area contributed by atoms with Crippen LogP contribution in [0, 0.1) is 11.3 Å². The van der Waals surface area contributed by atoms with Crippen molar-refractivity contribution in [3.05, 3.63) is 34.9 Å².